The highest BCUT2D eigenvalue weighted by Gasteiger charge is 2.30. The Bertz CT molecular complexity index is 2080. The Kier molecular flexibility index (Phi) is 42.7. The summed E-state index contributed by atoms with van der Waals surface area (Å²) < 4.78 is 0. The van der Waals surface area contributed by atoms with Gasteiger partial charge in [0.05, 0.1) is 85.5 Å². The van der Waals surface area contributed by atoms with Crippen LogP contribution < -0.4 is 11.5 Å². The van der Waals surface area contributed by atoms with Gasteiger partial charge in [0, 0.05) is 55.6 Å². The molecule has 0 fully saturated rings. The van der Waals surface area contributed by atoms with Gasteiger partial charge < -0.3 is 93.2 Å². The van der Waals surface area contributed by atoms with Crippen LogP contribution in [0.5, 0.6) is 0 Å². The molecule has 0 aliphatic heterocycles. The maximum Gasteiger partial charge on any atom is 0.331 e. The van der Waals surface area contributed by atoms with Gasteiger partial charge in [0.25, 0.3) is 0 Å². The molecule has 0 aromatic rings. The molecule has 0 radical (unpaired) electrons. The average molecular weight is 1150 g/mol. The number of allylic oxidation sites excluding steroid dienone is 16. The van der Waals surface area contributed by atoms with E-state index < -0.39 is 109 Å². The van der Waals surface area contributed by atoms with Crippen molar-refractivity contribution >= 4 is 11.9 Å². The van der Waals surface area contributed by atoms with E-state index in [4.69, 9.17) is 16.6 Å². The Hall–Kier alpha value is -4.98. The van der Waals surface area contributed by atoms with Crippen molar-refractivity contribution in [3.8, 4) is 0 Å². The van der Waals surface area contributed by atoms with E-state index in [1.807, 2.05) is 31.2 Å². The molecule has 0 aromatic heterocycles. The molecule has 20 nitrogen and oxygen atoms in total. The highest BCUT2D eigenvalue weighted by molar-refractivity contribution is 5.86. The molecular formula is C61H99N3O17. The summed E-state index contributed by atoms with van der Waals surface area (Å²) in [4.78, 5) is 14.6. The monoisotopic (exact) mass is 1150 g/mol. The summed E-state index contributed by atoms with van der Waals surface area (Å²) in [5.41, 5.74) is 10.8. The largest absolute Gasteiger partial charge is 0.478 e. The lowest BCUT2D eigenvalue weighted by atomic mass is 9.88. The second kappa shape index (κ2) is 45.5. The lowest BCUT2D eigenvalue weighted by Crippen LogP contribution is -2.41. The van der Waals surface area contributed by atoms with Crippen molar-refractivity contribution in [3.63, 3.8) is 0 Å². The van der Waals surface area contributed by atoms with E-state index in [1.165, 1.54) is 43.4 Å². The maximum atomic E-state index is 10.8. The minimum atomic E-state index is -1.70. The summed E-state index contributed by atoms with van der Waals surface area (Å²) in [5, 5.41) is 165. The number of carboxylic acid groups (broad SMARTS) is 1. The van der Waals surface area contributed by atoms with Gasteiger partial charge in [-0.25, -0.2) is 4.79 Å². The molecule has 0 heterocycles. The van der Waals surface area contributed by atoms with Crippen LogP contribution in [0.1, 0.15) is 105 Å². The number of hydrogen-bond donors (Lipinski definition) is 18. The highest BCUT2D eigenvalue weighted by atomic mass is 16.4. The molecule has 18 atom stereocenters. The number of nitrogens with two attached hydrogens (primary N) is 2. The predicted molar refractivity (Wildman–Crippen MR) is 316 cm³/mol. The third kappa shape index (κ3) is 39.2. The standard InChI is InChI=1S/C61H99N3O17/c1-41(25-18-14-10-9-11-15-19-26-42(2)60(80)81)57(77)43(3)52(72)32-20-16-12-7-5-6-8-13-17-21-33-53(73)44(4)58(78)54(74)38-48(68)29-22-27-45(65)35-50(70)36-46(66)28-23-30-49(69)39-55(75)59(79)56(76)40-51(71)37-47(67)31-24-34-64-61(62)63/h5-9,11-13,15-23,25-26,28-29,32-33,41,43-59,65-79H,10,14,24,27,30-31,34-40H2,1-4H3,(H,80,81)(H4,62,63,64)/b7-5+,8-6+,11-9+,16-12+,17-13+,19-15+,25-18+,28-23+,29-22+,32-20+,33-21-,42-26+. The van der Waals surface area contributed by atoms with Gasteiger partial charge in [-0.15, -0.1) is 0 Å². The Morgan fingerprint density at radius 3 is 1.41 bits per heavy atom. The molecule has 0 amide bonds. The molecule has 0 aliphatic carbocycles. The first-order valence-corrected chi connectivity index (χ1v) is 27.8. The molecule has 0 bridgehead atoms. The van der Waals surface area contributed by atoms with Crippen molar-refractivity contribution in [1.82, 2.24) is 0 Å². The summed E-state index contributed by atoms with van der Waals surface area (Å²) >= 11 is 0. The summed E-state index contributed by atoms with van der Waals surface area (Å²) in [7, 11) is 0. The first-order valence-electron chi connectivity index (χ1n) is 27.8. The summed E-state index contributed by atoms with van der Waals surface area (Å²) in [6.45, 7) is 7.05. The second-order valence-electron chi connectivity index (χ2n) is 20.6. The smallest absolute Gasteiger partial charge is 0.331 e. The molecule has 0 rings (SSSR count). The van der Waals surface area contributed by atoms with Crippen LogP contribution in [0.25, 0.3) is 0 Å². The minimum absolute atomic E-state index is 0.0177. The van der Waals surface area contributed by atoms with Crippen LogP contribution in [0.3, 0.4) is 0 Å². The van der Waals surface area contributed by atoms with Crippen molar-refractivity contribution in [3.05, 3.63) is 145 Å². The molecule has 0 spiro atoms. The molecule has 460 valence electrons. The number of nitrogens with zero attached hydrogens (tertiary/aromatic N) is 1. The zero-order valence-corrected chi connectivity index (χ0v) is 47.5. The van der Waals surface area contributed by atoms with Gasteiger partial charge in [0.2, 0.25) is 0 Å². The molecule has 20 N–H and O–H groups in total. The van der Waals surface area contributed by atoms with Crippen molar-refractivity contribution < 1.29 is 86.5 Å². The van der Waals surface area contributed by atoms with Crippen molar-refractivity contribution in [2.75, 3.05) is 6.54 Å². The number of unbranched alkanes of at least 4 members (excludes halogenated alkanes) is 1. The Morgan fingerprint density at radius 2 is 0.877 bits per heavy atom. The fourth-order valence-electron chi connectivity index (χ4n) is 7.95. The summed E-state index contributed by atoms with van der Waals surface area (Å²) in [6, 6.07) is 0. The van der Waals surface area contributed by atoms with Crippen molar-refractivity contribution in [2.45, 2.75) is 196 Å². The first kappa shape index (κ1) is 76.0. The van der Waals surface area contributed by atoms with Gasteiger partial charge in [0.15, 0.2) is 5.96 Å². The van der Waals surface area contributed by atoms with Gasteiger partial charge in [-0.05, 0) is 58.3 Å². The number of hydrogen-bond acceptors (Lipinski definition) is 17. The van der Waals surface area contributed by atoms with E-state index in [1.54, 1.807) is 92.8 Å². The lowest BCUT2D eigenvalue weighted by Gasteiger charge is -2.27. The predicted octanol–water partition coefficient (Wildman–Crippen LogP) is 2.41. The van der Waals surface area contributed by atoms with Gasteiger partial charge in [-0.2, -0.15) is 0 Å². The van der Waals surface area contributed by atoms with E-state index >= 15 is 0 Å². The van der Waals surface area contributed by atoms with Crippen LogP contribution in [0.2, 0.25) is 0 Å². The number of aliphatic hydroxyl groups is 15. The zero-order valence-electron chi connectivity index (χ0n) is 47.5. The van der Waals surface area contributed by atoms with E-state index in [-0.39, 0.29) is 68.8 Å². The molecule has 20 heteroatoms. The van der Waals surface area contributed by atoms with Crippen LogP contribution in [0.4, 0.5) is 0 Å². The average Bonchev–Trinajstić information content (AvgIpc) is 3.40. The van der Waals surface area contributed by atoms with Crippen LogP contribution >= 0.6 is 0 Å². The van der Waals surface area contributed by atoms with E-state index in [2.05, 4.69) is 4.99 Å². The number of aliphatic carboxylic acids is 1. The van der Waals surface area contributed by atoms with Crippen molar-refractivity contribution in [2.24, 2.45) is 34.2 Å². The Balaban J connectivity index is 4.62. The molecule has 0 saturated heterocycles. The molecule has 0 aliphatic rings. The Morgan fingerprint density at radius 1 is 0.444 bits per heavy atom. The fraction of sp³-hybridized carbons (Fsp3) is 0.574. The summed E-state index contributed by atoms with van der Waals surface area (Å²) in [5.74, 6) is -2.40. The lowest BCUT2D eigenvalue weighted by molar-refractivity contribution is -0.132. The molecule has 0 saturated carbocycles. The molecule has 81 heavy (non-hydrogen) atoms. The third-order valence-electron chi connectivity index (χ3n) is 13.1. The third-order valence-corrected chi connectivity index (χ3v) is 13.1. The van der Waals surface area contributed by atoms with E-state index in [0.717, 1.165) is 12.8 Å². The Labute approximate surface area is 479 Å². The summed E-state index contributed by atoms with van der Waals surface area (Å²) in [6.07, 6.45) is 21.4. The van der Waals surface area contributed by atoms with Crippen LogP contribution in [0, 0.1) is 17.8 Å². The number of rotatable bonds is 44. The number of carboxylic acids is 1. The normalized spacial score (nSPS) is 20.3. The second-order valence-corrected chi connectivity index (χ2v) is 20.6. The number of guanidine groups is 1. The van der Waals surface area contributed by atoms with Crippen molar-refractivity contribution in [1.29, 1.82) is 0 Å². The first-order chi connectivity index (χ1) is 38.3. The van der Waals surface area contributed by atoms with Crippen LogP contribution in [0.15, 0.2) is 150 Å². The fourth-order valence-corrected chi connectivity index (χ4v) is 7.95. The SMILES string of the molecule is C\C(=C/C=C/C=C/CC/C=C/C(C)C(O)C(C)C(O)/C=C/C=C/C=C/C=C/C=C/C=C\C(O)C(C)C(O)C(O)CC(O)/C=C/CC(O)CC(O)CC(O)/C=C/CC(O)CC(O)C(O)C(O)CC(O)CC(O)CCCN=C(N)N)C(=O)O. The topological polar surface area (TPSA) is 405 Å². The van der Waals surface area contributed by atoms with E-state index in [0.29, 0.717) is 19.4 Å². The quantitative estimate of drug-likeness (QED) is 0.0104. The van der Waals surface area contributed by atoms with Gasteiger partial charge >= 0.3 is 5.97 Å². The van der Waals surface area contributed by atoms with Crippen LogP contribution in [-0.4, -0.2) is 192 Å². The number of aliphatic imine (C=N–C) groups is 1. The maximum absolute atomic E-state index is 10.8. The van der Waals surface area contributed by atoms with Gasteiger partial charge in [-0.1, -0.05) is 161 Å². The van der Waals surface area contributed by atoms with Crippen LogP contribution in [-0.2, 0) is 4.79 Å². The molecular weight excluding hydrogens is 1050 g/mol. The van der Waals surface area contributed by atoms with Gasteiger partial charge in [-0.3, -0.25) is 4.99 Å². The molecule has 0 aromatic carbocycles. The zero-order chi connectivity index (χ0) is 61.3. The molecule has 18 unspecified atom stereocenters. The number of aliphatic hydroxyl groups excluding tert-OH is 15. The highest BCUT2D eigenvalue weighted by Crippen LogP contribution is 2.21. The van der Waals surface area contributed by atoms with Gasteiger partial charge in [0.1, 0.15) is 6.10 Å². The number of carbonyl (C=O) groups is 1. The minimum Gasteiger partial charge on any atom is -0.478 e. The van der Waals surface area contributed by atoms with E-state index in [9.17, 15) is 81.4 Å².